The number of nitrogens with zero attached hydrogens (tertiary/aromatic N) is 1. The molecule has 0 aliphatic carbocycles. The summed E-state index contributed by atoms with van der Waals surface area (Å²) in [6, 6.07) is 6.85. The normalized spacial score (nSPS) is 30.5. The van der Waals surface area contributed by atoms with Gasteiger partial charge >= 0.3 is 0 Å². The van der Waals surface area contributed by atoms with Gasteiger partial charge in [-0.1, -0.05) is 17.7 Å². The Bertz CT molecular complexity index is 543. The zero-order valence-corrected chi connectivity index (χ0v) is 11.9. The van der Waals surface area contributed by atoms with Crippen LogP contribution in [0.15, 0.2) is 29.2 Å². The Morgan fingerprint density at radius 3 is 2.11 bits per heavy atom. The predicted molar refractivity (Wildman–Crippen MR) is 72.5 cm³/mol. The molecule has 0 unspecified atom stereocenters. The lowest BCUT2D eigenvalue weighted by atomic mass is 9.84. The number of hydrogen-bond acceptors (Lipinski definition) is 4. The molecule has 2 bridgehead atoms. The van der Waals surface area contributed by atoms with E-state index in [-0.39, 0.29) is 4.90 Å². The summed E-state index contributed by atoms with van der Waals surface area (Å²) >= 11 is 0. The Morgan fingerprint density at radius 1 is 1.05 bits per heavy atom. The largest absolute Gasteiger partial charge is 0.303 e. The average Bonchev–Trinajstić information content (AvgIpc) is 2.40. The van der Waals surface area contributed by atoms with E-state index >= 15 is 0 Å². The van der Waals surface area contributed by atoms with Gasteiger partial charge in [0.1, 0.15) is 0 Å². The maximum Gasteiger partial charge on any atom is 0.297 e. The third-order valence-electron chi connectivity index (χ3n) is 4.25. The number of hydrogen-bond donors (Lipinski definition) is 0. The molecule has 0 atom stereocenters. The van der Waals surface area contributed by atoms with Gasteiger partial charge in [0.2, 0.25) is 0 Å². The van der Waals surface area contributed by atoms with Crippen LogP contribution >= 0.6 is 0 Å². The minimum absolute atomic E-state index is 0.264. The van der Waals surface area contributed by atoms with Crippen molar-refractivity contribution in [2.24, 2.45) is 0 Å². The molecule has 3 saturated heterocycles. The van der Waals surface area contributed by atoms with E-state index < -0.39 is 15.7 Å². The highest BCUT2D eigenvalue weighted by molar-refractivity contribution is 7.86. The molecule has 3 heterocycles. The van der Waals surface area contributed by atoms with E-state index in [0.717, 1.165) is 44.5 Å². The fraction of sp³-hybridized carbons (Fsp3) is 0.571. The van der Waals surface area contributed by atoms with Crippen LogP contribution in [0.3, 0.4) is 0 Å². The first-order chi connectivity index (χ1) is 8.99. The van der Waals surface area contributed by atoms with Crippen molar-refractivity contribution in [3.05, 3.63) is 29.8 Å². The molecule has 3 aliphatic rings. The van der Waals surface area contributed by atoms with Crippen LogP contribution in [0.5, 0.6) is 0 Å². The van der Waals surface area contributed by atoms with Crippen LogP contribution < -0.4 is 0 Å². The van der Waals surface area contributed by atoms with Crippen LogP contribution in [-0.4, -0.2) is 38.6 Å². The average molecular weight is 281 g/mol. The van der Waals surface area contributed by atoms with E-state index in [9.17, 15) is 8.42 Å². The number of aryl methyl sites for hydroxylation is 1. The molecule has 19 heavy (non-hydrogen) atoms. The highest BCUT2D eigenvalue weighted by Crippen LogP contribution is 2.37. The standard InChI is InChI=1S/C14H19NO3S/c1-12-2-4-13(5-3-12)19(16,17)18-14-6-9-15(10-7-14)11-8-14/h2-5H,6-11H2,1H3. The van der Waals surface area contributed by atoms with E-state index in [1.807, 2.05) is 6.92 Å². The van der Waals surface area contributed by atoms with E-state index in [1.165, 1.54) is 0 Å². The van der Waals surface area contributed by atoms with Crippen LogP contribution in [-0.2, 0) is 14.3 Å². The third-order valence-corrected chi connectivity index (χ3v) is 5.67. The Hall–Kier alpha value is -0.910. The van der Waals surface area contributed by atoms with Gasteiger partial charge in [0, 0.05) is 19.6 Å². The minimum Gasteiger partial charge on any atom is -0.303 e. The molecule has 0 N–H and O–H groups in total. The van der Waals surface area contributed by atoms with Crippen molar-refractivity contribution in [1.82, 2.24) is 4.90 Å². The Morgan fingerprint density at radius 2 is 1.58 bits per heavy atom. The molecule has 0 saturated carbocycles. The van der Waals surface area contributed by atoms with Crippen molar-refractivity contribution in [2.45, 2.75) is 36.7 Å². The molecule has 1 aromatic carbocycles. The second-order valence-electron chi connectivity index (χ2n) is 5.63. The van der Waals surface area contributed by atoms with Crippen molar-refractivity contribution in [1.29, 1.82) is 0 Å². The number of piperidine rings is 3. The van der Waals surface area contributed by atoms with Gasteiger partial charge in [0.25, 0.3) is 10.1 Å². The van der Waals surface area contributed by atoms with Gasteiger partial charge < -0.3 is 4.90 Å². The zero-order valence-electron chi connectivity index (χ0n) is 11.1. The molecule has 0 spiro atoms. The summed E-state index contributed by atoms with van der Waals surface area (Å²) in [5, 5.41) is 0. The highest BCUT2D eigenvalue weighted by Gasteiger charge is 2.43. The summed E-state index contributed by atoms with van der Waals surface area (Å²) in [5.74, 6) is 0. The molecule has 104 valence electrons. The lowest BCUT2D eigenvalue weighted by Crippen LogP contribution is -2.54. The molecule has 4 rings (SSSR count). The van der Waals surface area contributed by atoms with Gasteiger partial charge in [0.05, 0.1) is 10.5 Å². The van der Waals surface area contributed by atoms with Gasteiger partial charge in [-0.2, -0.15) is 8.42 Å². The molecule has 5 heteroatoms. The van der Waals surface area contributed by atoms with Gasteiger partial charge in [-0.3, -0.25) is 4.18 Å². The maximum atomic E-state index is 12.4. The van der Waals surface area contributed by atoms with Crippen LogP contribution in [0.1, 0.15) is 24.8 Å². The van der Waals surface area contributed by atoms with Crippen LogP contribution in [0.2, 0.25) is 0 Å². The molecule has 3 fully saturated rings. The molecular weight excluding hydrogens is 262 g/mol. The fourth-order valence-electron chi connectivity index (χ4n) is 2.91. The van der Waals surface area contributed by atoms with Crippen molar-refractivity contribution in [2.75, 3.05) is 19.6 Å². The molecule has 0 radical (unpaired) electrons. The molecule has 0 aromatic heterocycles. The molecule has 0 amide bonds. The van der Waals surface area contributed by atoms with Crippen molar-refractivity contribution < 1.29 is 12.6 Å². The number of fused-ring (bicyclic) bond motifs is 3. The topological polar surface area (TPSA) is 46.6 Å². The van der Waals surface area contributed by atoms with Gasteiger partial charge in [-0.15, -0.1) is 0 Å². The molecule has 3 aliphatic heterocycles. The minimum atomic E-state index is -3.64. The lowest BCUT2D eigenvalue weighted by Gasteiger charge is -2.47. The molecular formula is C14H19NO3S. The third kappa shape index (κ3) is 2.55. The first-order valence-corrected chi connectivity index (χ1v) is 8.15. The summed E-state index contributed by atoms with van der Waals surface area (Å²) in [6.07, 6.45) is 2.45. The lowest BCUT2D eigenvalue weighted by molar-refractivity contribution is -0.0468. The summed E-state index contributed by atoms with van der Waals surface area (Å²) in [5.41, 5.74) is 0.585. The van der Waals surface area contributed by atoms with Crippen molar-refractivity contribution in [3.8, 4) is 0 Å². The van der Waals surface area contributed by atoms with E-state index in [0.29, 0.717) is 0 Å². The summed E-state index contributed by atoms with van der Waals surface area (Å²) in [4.78, 5) is 2.63. The summed E-state index contributed by atoms with van der Waals surface area (Å²) in [6.45, 7) is 4.78. The Kier molecular flexibility index (Phi) is 3.15. The smallest absolute Gasteiger partial charge is 0.297 e. The van der Waals surface area contributed by atoms with Crippen LogP contribution in [0, 0.1) is 6.92 Å². The maximum absolute atomic E-state index is 12.4. The highest BCUT2D eigenvalue weighted by atomic mass is 32.2. The van der Waals surface area contributed by atoms with Gasteiger partial charge in [0.15, 0.2) is 0 Å². The Balaban J connectivity index is 1.83. The van der Waals surface area contributed by atoms with Crippen LogP contribution in [0.4, 0.5) is 0 Å². The monoisotopic (exact) mass is 281 g/mol. The second-order valence-corrected chi connectivity index (χ2v) is 7.17. The first-order valence-electron chi connectivity index (χ1n) is 6.74. The van der Waals surface area contributed by atoms with E-state index in [4.69, 9.17) is 4.18 Å². The van der Waals surface area contributed by atoms with Gasteiger partial charge in [-0.05, 0) is 38.3 Å². The molecule has 4 nitrogen and oxygen atoms in total. The molecule has 1 aromatic rings. The zero-order chi connectivity index (χ0) is 13.5. The fourth-order valence-corrected chi connectivity index (χ4v) is 4.19. The summed E-state index contributed by atoms with van der Waals surface area (Å²) < 4.78 is 30.3. The van der Waals surface area contributed by atoms with Crippen molar-refractivity contribution in [3.63, 3.8) is 0 Å². The quantitative estimate of drug-likeness (QED) is 0.794. The van der Waals surface area contributed by atoms with E-state index in [2.05, 4.69) is 4.90 Å². The predicted octanol–water partition coefficient (Wildman–Crippen LogP) is 1.94. The number of rotatable bonds is 3. The second kappa shape index (κ2) is 4.58. The van der Waals surface area contributed by atoms with Crippen molar-refractivity contribution >= 4 is 10.1 Å². The van der Waals surface area contributed by atoms with Crippen LogP contribution in [0.25, 0.3) is 0 Å². The first kappa shape index (κ1) is 13.1. The summed E-state index contributed by atoms with van der Waals surface area (Å²) in [7, 11) is -3.64. The SMILES string of the molecule is Cc1ccc(S(=O)(=O)OC23CCN(CC2)CC3)cc1. The van der Waals surface area contributed by atoms with E-state index in [1.54, 1.807) is 24.3 Å². The number of benzene rings is 1. The van der Waals surface area contributed by atoms with Gasteiger partial charge in [-0.25, -0.2) is 0 Å². The Labute approximate surface area is 114 Å².